The normalized spacial score (nSPS) is 11.9. The Bertz CT molecular complexity index is 3480. The van der Waals surface area contributed by atoms with Crippen molar-refractivity contribution >= 4 is 103 Å². The molecule has 0 N–H and O–H groups in total. The van der Waals surface area contributed by atoms with Gasteiger partial charge in [-0.25, -0.2) is 0 Å². The molecular weight excluding hydrogens is 701 g/mol. The molecule has 0 bridgehead atoms. The molecule has 3 aromatic heterocycles. The number of furan rings is 1. The number of thiophene rings is 1. The number of fused-ring (bicyclic) bond motifs is 10. The van der Waals surface area contributed by atoms with Crippen LogP contribution in [0.25, 0.3) is 91.5 Å². The molecule has 12 rings (SSSR count). The molecule has 262 valence electrons. The zero-order valence-corrected chi connectivity index (χ0v) is 31.0. The Hall–Kier alpha value is -7.14. The van der Waals surface area contributed by atoms with E-state index in [0.717, 1.165) is 50.3 Å². The summed E-state index contributed by atoms with van der Waals surface area (Å²) in [6, 6.07) is 70.3. The quantitative estimate of drug-likeness (QED) is 0.176. The van der Waals surface area contributed by atoms with Crippen molar-refractivity contribution < 1.29 is 4.42 Å². The minimum atomic E-state index is 0.876. The highest BCUT2D eigenvalue weighted by atomic mass is 32.1. The maximum atomic E-state index is 6.63. The number of hydrogen-bond donors (Lipinski definition) is 0. The molecular formula is C52H32N2OS. The minimum absolute atomic E-state index is 0.876. The van der Waals surface area contributed by atoms with Crippen molar-refractivity contribution in [3.05, 3.63) is 194 Å². The second-order valence-electron chi connectivity index (χ2n) is 14.5. The topological polar surface area (TPSA) is 21.3 Å². The molecule has 0 radical (unpaired) electrons. The molecule has 0 aliphatic rings. The van der Waals surface area contributed by atoms with Crippen LogP contribution >= 0.6 is 11.3 Å². The number of hydrogen-bond acceptors (Lipinski definition) is 3. The molecule has 0 atom stereocenters. The largest absolute Gasteiger partial charge is 0.454 e. The van der Waals surface area contributed by atoms with Crippen LogP contribution in [0.2, 0.25) is 0 Å². The van der Waals surface area contributed by atoms with Gasteiger partial charge in [-0.3, -0.25) is 0 Å². The number of aromatic nitrogens is 1. The van der Waals surface area contributed by atoms with Gasteiger partial charge in [0.05, 0.1) is 16.7 Å². The molecule has 0 spiro atoms. The molecule has 0 saturated heterocycles. The van der Waals surface area contributed by atoms with Crippen molar-refractivity contribution in [1.82, 2.24) is 4.57 Å². The average molecular weight is 733 g/mol. The molecule has 0 aliphatic carbocycles. The molecule has 12 aromatic rings. The Balaban J connectivity index is 1.03. The van der Waals surface area contributed by atoms with Crippen molar-refractivity contribution in [3.63, 3.8) is 0 Å². The Kier molecular flexibility index (Phi) is 6.80. The summed E-state index contributed by atoms with van der Waals surface area (Å²) >= 11 is 1.84. The summed E-state index contributed by atoms with van der Waals surface area (Å²) in [6.07, 6.45) is 0. The van der Waals surface area contributed by atoms with Crippen molar-refractivity contribution in [2.75, 3.05) is 4.90 Å². The molecule has 0 fully saturated rings. The van der Waals surface area contributed by atoms with Gasteiger partial charge < -0.3 is 13.9 Å². The predicted octanol–water partition coefficient (Wildman–Crippen LogP) is 15.3. The summed E-state index contributed by atoms with van der Waals surface area (Å²) < 4.78 is 11.6. The number of anilines is 3. The molecule has 0 amide bonds. The zero-order valence-electron chi connectivity index (χ0n) is 30.2. The smallest absolute Gasteiger partial charge is 0.159 e. The van der Waals surface area contributed by atoms with Gasteiger partial charge in [-0.15, -0.1) is 11.3 Å². The maximum Gasteiger partial charge on any atom is 0.159 e. The molecule has 3 nitrogen and oxygen atoms in total. The fourth-order valence-electron chi connectivity index (χ4n) is 8.73. The van der Waals surface area contributed by atoms with Crippen molar-refractivity contribution in [2.45, 2.75) is 0 Å². The van der Waals surface area contributed by atoms with Crippen LogP contribution in [0.4, 0.5) is 17.1 Å². The Morgan fingerprint density at radius 2 is 1.07 bits per heavy atom. The number of nitrogens with zero attached hydrogens (tertiary/aromatic N) is 2. The number of para-hydroxylation sites is 3. The third-order valence-electron chi connectivity index (χ3n) is 11.4. The summed E-state index contributed by atoms with van der Waals surface area (Å²) in [5, 5.41) is 9.81. The highest BCUT2D eigenvalue weighted by Crippen LogP contribution is 2.45. The van der Waals surface area contributed by atoms with Gasteiger partial charge in [-0.05, 0) is 94.7 Å². The summed E-state index contributed by atoms with van der Waals surface area (Å²) in [4.78, 5) is 2.35. The van der Waals surface area contributed by atoms with E-state index in [4.69, 9.17) is 4.42 Å². The second kappa shape index (κ2) is 12.2. The van der Waals surface area contributed by atoms with E-state index in [1.54, 1.807) is 0 Å². The fourth-order valence-corrected chi connectivity index (χ4v) is 9.87. The van der Waals surface area contributed by atoms with Crippen LogP contribution in [0.15, 0.2) is 199 Å². The van der Waals surface area contributed by atoms with Gasteiger partial charge in [-0.1, -0.05) is 121 Å². The molecule has 56 heavy (non-hydrogen) atoms. The lowest BCUT2D eigenvalue weighted by molar-refractivity contribution is 0.669. The van der Waals surface area contributed by atoms with Crippen LogP contribution in [0, 0.1) is 0 Å². The first kappa shape index (κ1) is 31.2. The van der Waals surface area contributed by atoms with Crippen LogP contribution in [-0.2, 0) is 0 Å². The summed E-state index contributed by atoms with van der Waals surface area (Å²) in [5.74, 6) is 0. The highest BCUT2D eigenvalue weighted by molar-refractivity contribution is 7.25. The molecule has 9 aromatic carbocycles. The first-order valence-corrected chi connectivity index (χ1v) is 19.8. The second-order valence-corrected chi connectivity index (χ2v) is 15.6. The minimum Gasteiger partial charge on any atom is -0.454 e. The van der Waals surface area contributed by atoms with Gasteiger partial charge >= 0.3 is 0 Å². The lowest BCUT2D eigenvalue weighted by atomic mass is 10.0. The van der Waals surface area contributed by atoms with E-state index in [-0.39, 0.29) is 0 Å². The molecule has 0 unspecified atom stereocenters. The Labute approximate surface area is 326 Å². The summed E-state index contributed by atoms with van der Waals surface area (Å²) in [5.41, 5.74) is 10.8. The number of benzene rings is 9. The van der Waals surface area contributed by atoms with Crippen LogP contribution < -0.4 is 4.90 Å². The van der Waals surface area contributed by atoms with Gasteiger partial charge in [0.1, 0.15) is 5.58 Å². The van der Waals surface area contributed by atoms with E-state index in [2.05, 4.69) is 198 Å². The zero-order chi connectivity index (χ0) is 36.7. The van der Waals surface area contributed by atoms with E-state index in [1.807, 2.05) is 17.4 Å². The molecule has 0 saturated carbocycles. The van der Waals surface area contributed by atoms with Crippen LogP contribution in [0.1, 0.15) is 0 Å². The van der Waals surface area contributed by atoms with Crippen LogP contribution in [0.3, 0.4) is 0 Å². The van der Waals surface area contributed by atoms with E-state index in [9.17, 15) is 0 Å². The summed E-state index contributed by atoms with van der Waals surface area (Å²) in [6.45, 7) is 0. The predicted molar refractivity (Wildman–Crippen MR) is 239 cm³/mol. The molecule has 3 heterocycles. The van der Waals surface area contributed by atoms with Crippen LogP contribution in [-0.4, -0.2) is 4.57 Å². The SMILES string of the molecule is c1ccc(-n2c3cc(-c4ccc(N(c5ccc6c(c5)sc5ccccc56)c5cccc6c5oc5ccccc56)cc4)ccc3c3cc4ccccc4cc32)cc1. The van der Waals surface area contributed by atoms with Gasteiger partial charge in [0, 0.05) is 58.8 Å². The van der Waals surface area contributed by atoms with Crippen LogP contribution in [0.5, 0.6) is 0 Å². The van der Waals surface area contributed by atoms with E-state index in [1.165, 1.54) is 58.3 Å². The van der Waals surface area contributed by atoms with Crippen molar-refractivity contribution in [1.29, 1.82) is 0 Å². The average Bonchev–Trinajstić information content (AvgIpc) is 3.93. The van der Waals surface area contributed by atoms with Crippen molar-refractivity contribution in [2.24, 2.45) is 0 Å². The molecule has 4 heteroatoms. The van der Waals surface area contributed by atoms with Gasteiger partial charge in [0.2, 0.25) is 0 Å². The third-order valence-corrected chi connectivity index (χ3v) is 12.5. The Morgan fingerprint density at radius 1 is 0.411 bits per heavy atom. The van der Waals surface area contributed by atoms with E-state index in [0.29, 0.717) is 0 Å². The monoisotopic (exact) mass is 732 g/mol. The summed E-state index contributed by atoms with van der Waals surface area (Å²) in [7, 11) is 0. The Morgan fingerprint density at radius 3 is 1.95 bits per heavy atom. The maximum absolute atomic E-state index is 6.63. The van der Waals surface area contributed by atoms with Crippen molar-refractivity contribution in [3.8, 4) is 16.8 Å². The van der Waals surface area contributed by atoms with Gasteiger partial charge in [0.15, 0.2) is 5.58 Å². The third kappa shape index (κ3) is 4.76. The highest BCUT2D eigenvalue weighted by Gasteiger charge is 2.21. The first-order chi connectivity index (χ1) is 27.7. The van der Waals surface area contributed by atoms with E-state index < -0.39 is 0 Å². The molecule has 0 aliphatic heterocycles. The van der Waals surface area contributed by atoms with E-state index >= 15 is 0 Å². The number of rotatable bonds is 5. The van der Waals surface area contributed by atoms with Gasteiger partial charge in [0.25, 0.3) is 0 Å². The first-order valence-electron chi connectivity index (χ1n) is 19.0. The lowest BCUT2D eigenvalue weighted by Gasteiger charge is -2.26. The van der Waals surface area contributed by atoms with Gasteiger partial charge in [-0.2, -0.15) is 0 Å². The fraction of sp³-hybridized carbons (Fsp3) is 0. The lowest BCUT2D eigenvalue weighted by Crippen LogP contribution is -2.10. The standard InChI is InChI=1S/C52H32N2OS/c1-2-13-37(14-3-1)54-47-31-36(23-27-40(47)45-29-34-11-4-5-12-35(34)30-48(45)54)33-21-24-38(25-22-33)53(39-26-28-43-42-16-7-9-20-50(42)56-51(43)32-39)46-18-10-17-44-41-15-6-8-19-49(41)55-52(44)46/h1-32H.